The van der Waals surface area contributed by atoms with E-state index in [0.717, 1.165) is 23.2 Å². The topological polar surface area (TPSA) is 27.3 Å². The molecule has 0 amide bonds. The molecule has 0 saturated carbocycles. The van der Waals surface area contributed by atoms with Gasteiger partial charge in [0.05, 0.1) is 0 Å². The minimum absolute atomic E-state index is 0.653. The molecule has 0 aliphatic carbocycles. The molecule has 0 spiro atoms. The highest BCUT2D eigenvalue weighted by Gasteiger charge is 2.00. The molecule has 2 aromatic rings. The van der Waals surface area contributed by atoms with Crippen LogP contribution in [0.3, 0.4) is 0 Å². The van der Waals surface area contributed by atoms with Crippen molar-refractivity contribution in [3.05, 3.63) is 53.0 Å². The Morgan fingerprint density at radius 1 is 1.04 bits per heavy atom. The number of rotatable bonds is 6. The Balaban J connectivity index is 1.84. The van der Waals surface area contributed by atoms with Gasteiger partial charge in [-0.15, -0.1) is 0 Å². The van der Waals surface area contributed by atoms with Crippen LogP contribution in [0, 0.1) is 0 Å². The fourth-order valence-corrected chi connectivity index (χ4v) is 3.11. The van der Waals surface area contributed by atoms with Gasteiger partial charge in [0.1, 0.15) is 0 Å². The highest BCUT2D eigenvalue weighted by molar-refractivity contribution is 9.10. The second-order valence-electron chi connectivity index (χ2n) is 5.26. The summed E-state index contributed by atoms with van der Waals surface area (Å²) in [6.07, 6.45) is 0. The van der Waals surface area contributed by atoms with Gasteiger partial charge in [0.25, 0.3) is 0 Å². The van der Waals surface area contributed by atoms with E-state index in [2.05, 4.69) is 67.9 Å². The average Bonchev–Trinajstić information content (AvgIpc) is 2.51. The molecule has 0 aromatic heterocycles. The maximum atomic E-state index is 5.29. The monoisotopic (exact) mass is 409 g/mol. The molecule has 0 radical (unpaired) electrons. The highest BCUT2D eigenvalue weighted by Crippen LogP contribution is 2.29. The number of thiocarbonyl (C=S) groups is 1. The molecule has 0 bridgehead atoms. The zero-order chi connectivity index (χ0) is 16.7. The zero-order valence-corrected chi connectivity index (χ0v) is 16.4. The fraction of sp³-hybridized carbons (Fsp3) is 0.235. The van der Waals surface area contributed by atoms with Crippen LogP contribution in [0.4, 0.5) is 5.69 Å². The van der Waals surface area contributed by atoms with Crippen LogP contribution in [0.5, 0.6) is 0 Å². The van der Waals surface area contributed by atoms with E-state index >= 15 is 0 Å². The summed E-state index contributed by atoms with van der Waals surface area (Å²) in [6.45, 7) is 1.78. The van der Waals surface area contributed by atoms with E-state index in [1.165, 1.54) is 9.79 Å². The predicted octanol–water partition coefficient (Wildman–Crippen LogP) is 4.45. The molecule has 0 aliphatic rings. The Morgan fingerprint density at radius 3 is 2.17 bits per heavy atom. The molecular formula is C17H20BrN3S2. The number of nitrogens with one attached hydrogen (secondary N) is 2. The minimum atomic E-state index is 0.653. The lowest BCUT2D eigenvalue weighted by Gasteiger charge is -2.13. The van der Waals surface area contributed by atoms with Gasteiger partial charge in [-0.05, 0) is 74.8 Å². The summed E-state index contributed by atoms with van der Waals surface area (Å²) in [6, 6.07) is 16.6. The third-order valence-electron chi connectivity index (χ3n) is 3.01. The number of likely N-dealkylation sites (N-methyl/N-ethyl adjacent to an activating group) is 1. The summed E-state index contributed by atoms with van der Waals surface area (Å²) < 4.78 is 1.09. The van der Waals surface area contributed by atoms with Crippen molar-refractivity contribution in [2.45, 2.75) is 9.79 Å². The summed E-state index contributed by atoms with van der Waals surface area (Å²) in [7, 11) is 4.08. The van der Waals surface area contributed by atoms with Crippen LogP contribution >= 0.6 is 39.9 Å². The third kappa shape index (κ3) is 6.91. The van der Waals surface area contributed by atoms with E-state index in [9.17, 15) is 0 Å². The first kappa shape index (κ1) is 18.3. The number of hydrogen-bond donors (Lipinski definition) is 2. The van der Waals surface area contributed by atoms with Crippen LogP contribution in [0.2, 0.25) is 0 Å². The lowest BCUT2D eigenvalue weighted by Crippen LogP contribution is -2.34. The maximum Gasteiger partial charge on any atom is 0.170 e. The molecular weight excluding hydrogens is 390 g/mol. The summed E-state index contributed by atoms with van der Waals surface area (Å²) in [5.41, 5.74) is 0.993. The van der Waals surface area contributed by atoms with Crippen LogP contribution in [0.25, 0.3) is 0 Å². The minimum Gasteiger partial charge on any atom is -0.361 e. The second kappa shape index (κ2) is 9.27. The smallest absolute Gasteiger partial charge is 0.170 e. The summed E-state index contributed by atoms with van der Waals surface area (Å²) in [5, 5.41) is 7.04. The van der Waals surface area contributed by atoms with Crippen molar-refractivity contribution >= 4 is 50.7 Å². The van der Waals surface area contributed by atoms with Crippen molar-refractivity contribution in [3.63, 3.8) is 0 Å². The number of halogens is 1. The lowest BCUT2D eigenvalue weighted by atomic mass is 10.3. The first-order chi connectivity index (χ1) is 11.0. The molecule has 2 rings (SSSR count). The molecule has 3 nitrogen and oxygen atoms in total. The number of hydrogen-bond acceptors (Lipinski definition) is 3. The van der Waals surface area contributed by atoms with Gasteiger partial charge in [-0.2, -0.15) is 0 Å². The predicted molar refractivity (Wildman–Crippen MR) is 107 cm³/mol. The maximum absolute atomic E-state index is 5.29. The molecule has 6 heteroatoms. The van der Waals surface area contributed by atoms with Crippen LogP contribution in [-0.4, -0.2) is 37.2 Å². The van der Waals surface area contributed by atoms with Crippen molar-refractivity contribution in [1.29, 1.82) is 0 Å². The molecule has 122 valence electrons. The van der Waals surface area contributed by atoms with Crippen LogP contribution in [0.1, 0.15) is 0 Å². The van der Waals surface area contributed by atoms with E-state index in [-0.39, 0.29) is 0 Å². The van der Waals surface area contributed by atoms with Crippen molar-refractivity contribution in [2.24, 2.45) is 0 Å². The first-order valence-electron chi connectivity index (χ1n) is 7.26. The Morgan fingerprint density at radius 2 is 1.61 bits per heavy atom. The Kier molecular flexibility index (Phi) is 7.36. The van der Waals surface area contributed by atoms with Gasteiger partial charge >= 0.3 is 0 Å². The Bertz CT molecular complexity index is 627. The van der Waals surface area contributed by atoms with E-state index in [4.69, 9.17) is 12.2 Å². The second-order valence-corrected chi connectivity index (χ2v) is 7.74. The lowest BCUT2D eigenvalue weighted by molar-refractivity contribution is 0.413. The van der Waals surface area contributed by atoms with E-state index < -0.39 is 0 Å². The van der Waals surface area contributed by atoms with Gasteiger partial charge < -0.3 is 15.5 Å². The van der Waals surface area contributed by atoms with Crippen LogP contribution in [-0.2, 0) is 0 Å². The van der Waals surface area contributed by atoms with E-state index in [0.29, 0.717) is 5.11 Å². The van der Waals surface area contributed by atoms with E-state index in [1.807, 2.05) is 26.2 Å². The molecule has 0 aliphatic heterocycles. The van der Waals surface area contributed by atoms with Crippen molar-refractivity contribution < 1.29 is 0 Å². The zero-order valence-electron chi connectivity index (χ0n) is 13.2. The van der Waals surface area contributed by atoms with Gasteiger partial charge in [-0.3, -0.25) is 0 Å². The molecule has 23 heavy (non-hydrogen) atoms. The standard InChI is InChI=1S/C17H20BrN3S2/c1-21(2)12-11-19-17(22)20-14-5-9-16(10-6-14)23-15-7-3-13(18)4-8-15/h3-10H,11-12H2,1-2H3,(H2,19,20,22). The summed E-state index contributed by atoms with van der Waals surface area (Å²) in [5.74, 6) is 0. The Labute approximate surface area is 156 Å². The molecule has 0 heterocycles. The molecule has 0 saturated heterocycles. The fourth-order valence-electron chi connectivity index (χ4n) is 1.81. The van der Waals surface area contributed by atoms with Crippen molar-refractivity contribution in [2.75, 3.05) is 32.5 Å². The summed E-state index contributed by atoms with van der Waals surface area (Å²) >= 11 is 10.5. The van der Waals surface area contributed by atoms with Gasteiger partial charge in [-0.25, -0.2) is 0 Å². The quantitative estimate of drug-likeness (QED) is 0.687. The summed E-state index contributed by atoms with van der Waals surface area (Å²) in [4.78, 5) is 4.53. The number of nitrogens with zero attached hydrogens (tertiary/aromatic N) is 1. The van der Waals surface area contributed by atoms with Gasteiger partial charge in [-0.1, -0.05) is 27.7 Å². The number of anilines is 1. The molecule has 0 atom stereocenters. The van der Waals surface area contributed by atoms with Crippen molar-refractivity contribution in [3.8, 4) is 0 Å². The number of benzene rings is 2. The normalized spacial score (nSPS) is 10.6. The largest absolute Gasteiger partial charge is 0.361 e. The van der Waals surface area contributed by atoms with Crippen LogP contribution in [0.15, 0.2) is 62.8 Å². The molecule has 0 unspecified atom stereocenters. The average molecular weight is 410 g/mol. The molecule has 2 aromatic carbocycles. The van der Waals surface area contributed by atoms with Gasteiger partial charge in [0.15, 0.2) is 5.11 Å². The van der Waals surface area contributed by atoms with Gasteiger partial charge in [0.2, 0.25) is 0 Å². The molecule has 0 fully saturated rings. The molecule has 2 N–H and O–H groups in total. The first-order valence-corrected chi connectivity index (χ1v) is 9.28. The third-order valence-corrected chi connectivity index (χ3v) is 4.80. The van der Waals surface area contributed by atoms with Gasteiger partial charge in [0, 0.05) is 33.0 Å². The highest BCUT2D eigenvalue weighted by atomic mass is 79.9. The van der Waals surface area contributed by atoms with Crippen molar-refractivity contribution in [1.82, 2.24) is 10.2 Å². The SMILES string of the molecule is CN(C)CCNC(=S)Nc1ccc(Sc2ccc(Br)cc2)cc1. The van der Waals surface area contributed by atoms with Crippen LogP contribution < -0.4 is 10.6 Å². The van der Waals surface area contributed by atoms with E-state index in [1.54, 1.807) is 11.8 Å². The Hall–Kier alpha value is -1.08.